The van der Waals surface area contributed by atoms with Crippen LogP contribution in [-0.4, -0.2) is 11.0 Å². The lowest BCUT2D eigenvalue weighted by atomic mass is 10.1. The summed E-state index contributed by atoms with van der Waals surface area (Å²) in [5.74, 6) is -0.198. The Morgan fingerprint density at radius 1 is 1.39 bits per heavy atom. The molecule has 1 aromatic heterocycles. The van der Waals surface area contributed by atoms with Gasteiger partial charge >= 0.3 is 0 Å². The minimum absolute atomic E-state index is 0.0773. The van der Waals surface area contributed by atoms with Crippen LogP contribution in [0.5, 0.6) is 5.75 Å². The van der Waals surface area contributed by atoms with Gasteiger partial charge in [0.25, 0.3) is 0 Å². The molecule has 0 amide bonds. The van der Waals surface area contributed by atoms with Crippen LogP contribution < -0.4 is 10.5 Å². The molecule has 1 aromatic carbocycles. The van der Waals surface area contributed by atoms with E-state index in [9.17, 15) is 4.39 Å². The van der Waals surface area contributed by atoms with Gasteiger partial charge in [-0.1, -0.05) is 11.2 Å². The van der Waals surface area contributed by atoms with Gasteiger partial charge in [0, 0.05) is 0 Å². The van der Waals surface area contributed by atoms with Gasteiger partial charge in [-0.05, 0) is 24.3 Å². The molecule has 1 heterocycles. The van der Waals surface area contributed by atoms with Crippen molar-refractivity contribution in [3.05, 3.63) is 53.7 Å². The van der Waals surface area contributed by atoms with Gasteiger partial charge in [0.05, 0.1) is 11.8 Å². The van der Waals surface area contributed by atoms with E-state index in [4.69, 9.17) is 20.1 Å². The fourth-order valence-electron chi connectivity index (χ4n) is 1.47. The predicted octanol–water partition coefficient (Wildman–Crippen LogP) is 2.09. The van der Waals surface area contributed by atoms with Crippen molar-refractivity contribution >= 4 is 5.84 Å². The molecule has 0 aliphatic rings. The first-order valence-corrected chi connectivity index (χ1v) is 5.14. The minimum Gasteiger partial charge on any atom is -0.485 e. The van der Waals surface area contributed by atoms with Gasteiger partial charge in [0.2, 0.25) is 0 Å². The van der Waals surface area contributed by atoms with Gasteiger partial charge in [-0.15, -0.1) is 0 Å². The van der Waals surface area contributed by atoms with Crippen LogP contribution in [0.1, 0.15) is 11.3 Å². The number of nitrogens with two attached hydrogens (primary N) is 1. The van der Waals surface area contributed by atoms with Crippen molar-refractivity contribution in [3.63, 3.8) is 0 Å². The third-order valence-electron chi connectivity index (χ3n) is 2.29. The van der Waals surface area contributed by atoms with Crippen molar-refractivity contribution < 1.29 is 18.8 Å². The number of amidine groups is 1. The zero-order valence-corrected chi connectivity index (χ0v) is 9.34. The van der Waals surface area contributed by atoms with E-state index in [1.165, 1.54) is 24.5 Å². The fourth-order valence-corrected chi connectivity index (χ4v) is 1.47. The zero-order valence-electron chi connectivity index (χ0n) is 9.34. The highest BCUT2D eigenvalue weighted by Crippen LogP contribution is 2.22. The van der Waals surface area contributed by atoms with Crippen molar-refractivity contribution in [2.24, 2.45) is 10.9 Å². The van der Waals surface area contributed by atoms with Crippen LogP contribution in [0, 0.1) is 5.82 Å². The molecule has 0 fully saturated rings. The van der Waals surface area contributed by atoms with E-state index < -0.39 is 5.82 Å². The van der Waals surface area contributed by atoms with Gasteiger partial charge in [-0.2, -0.15) is 0 Å². The third-order valence-corrected chi connectivity index (χ3v) is 2.29. The first-order chi connectivity index (χ1) is 8.72. The molecule has 0 unspecified atom stereocenters. The zero-order chi connectivity index (χ0) is 13.0. The summed E-state index contributed by atoms with van der Waals surface area (Å²) < 4.78 is 24.0. The summed E-state index contributed by atoms with van der Waals surface area (Å²) in [6.07, 6.45) is 1.51. The van der Waals surface area contributed by atoms with Crippen molar-refractivity contribution in [2.45, 2.75) is 6.61 Å². The third kappa shape index (κ3) is 2.42. The number of ether oxygens (including phenoxy) is 1. The molecule has 6 heteroatoms. The predicted molar refractivity (Wildman–Crippen MR) is 62.0 cm³/mol. The average Bonchev–Trinajstić information content (AvgIpc) is 2.88. The molecule has 0 aliphatic heterocycles. The number of rotatable bonds is 4. The summed E-state index contributed by atoms with van der Waals surface area (Å²) in [7, 11) is 0. The number of benzene rings is 1. The number of hydrogen-bond acceptors (Lipinski definition) is 4. The second kappa shape index (κ2) is 5.22. The van der Waals surface area contributed by atoms with E-state index in [0.29, 0.717) is 5.76 Å². The molecule has 94 valence electrons. The maximum atomic E-state index is 13.6. The summed E-state index contributed by atoms with van der Waals surface area (Å²) in [6.45, 7) is 0.127. The van der Waals surface area contributed by atoms with Gasteiger partial charge in [-0.25, -0.2) is 4.39 Å². The second-order valence-corrected chi connectivity index (χ2v) is 3.47. The molecule has 0 spiro atoms. The molecular weight excluding hydrogens is 239 g/mol. The number of halogens is 1. The summed E-state index contributed by atoms with van der Waals surface area (Å²) in [5.41, 5.74) is 5.32. The van der Waals surface area contributed by atoms with Crippen LogP contribution in [0.2, 0.25) is 0 Å². The molecule has 0 aliphatic carbocycles. The Hall–Kier alpha value is -2.50. The average molecular weight is 250 g/mol. The first-order valence-electron chi connectivity index (χ1n) is 5.14. The lowest BCUT2D eigenvalue weighted by Gasteiger charge is -2.10. The molecule has 18 heavy (non-hydrogen) atoms. The topological polar surface area (TPSA) is 81.0 Å². The molecule has 0 saturated heterocycles. The Morgan fingerprint density at radius 3 is 2.89 bits per heavy atom. The SMILES string of the molecule is NC(=NO)c1c(F)cccc1OCc1ccco1. The number of oxime groups is 1. The summed E-state index contributed by atoms with van der Waals surface area (Å²) in [5, 5.41) is 11.4. The highest BCUT2D eigenvalue weighted by Gasteiger charge is 2.14. The number of nitrogens with zero attached hydrogens (tertiary/aromatic N) is 1. The van der Waals surface area contributed by atoms with Crippen molar-refractivity contribution in [1.29, 1.82) is 0 Å². The van der Waals surface area contributed by atoms with E-state index in [0.717, 1.165) is 0 Å². The maximum Gasteiger partial charge on any atom is 0.176 e. The molecule has 0 radical (unpaired) electrons. The van der Waals surface area contributed by atoms with E-state index in [2.05, 4.69) is 5.16 Å². The Morgan fingerprint density at radius 2 is 2.22 bits per heavy atom. The molecule has 2 aromatic rings. The van der Waals surface area contributed by atoms with Gasteiger partial charge in [0.1, 0.15) is 23.9 Å². The summed E-state index contributed by atoms with van der Waals surface area (Å²) in [4.78, 5) is 0. The van der Waals surface area contributed by atoms with E-state index in [1.807, 2.05) is 0 Å². The molecule has 2 rings (SSSR count). The first kappa shape index (κ1) is 12.0. The lowest BCUT2D eigenvalue weighted by Crippen LogP contribution is -2.16. The summed E-state index contributed by atoms with van der Waals surface area (Å²) >= 11 is 0. The van der Waals surface area contributed by atoms with Crippen molar-refractivity contribution in [2.75, 3.05) is 0 Å². The fraction of sp³-hybridized carbons (Fsp3) is 0.0833. The quantitative estimate of drug-likeness (QED) is 0.377. The van der Waals surface area contributed by atoms with Crippen LogP contribution in [0.4, 0.5) is 4.39 Å². The molecular formula is C12H11FN2O3. The monoisotopic (exact) mass is 250 g/mol. The van der Waals surface area contributed by atoms with Crippen LogP contribution >= 0.6 is 0 Å². The van der Waals surface area contributed by atoms with Gasteiger partial charge in [-0.3, -0.25) is 0 Å². The number of furan rings is 1. The molecule has 0 atom stereocenters. The van der Waals surface area contributed by atoms with Gasteiger partial charge in [0.15, 0.2) is 5.84 Å². The molecule has 0 saturated carbocycles. The van der Waals surface area contributed by atoms with Crippen LogP contribution in [-0.2, 0) is 6.61 Å². The van der Waals surface area contributed by atoms with Crippen molar-refractivity contribution in [3.8, 4) is 5.75 Å². The minimum atomic E-state index is -0.623. The highest BCUT2D eigenvalue weighted by molar-refractivity contribution is 5.99. The molecule has 0 bridgehead atoms. The highest BCUT2D eigenvalue weighted by atomic mass is 19.1. The van der Waals surface area contributed by atoms with E-state index in [1.54, 1.807) is 12.1 Å². The van der Waals surface area contributed by atoms with Crippen molar-refractivity contribution in [1.82, 2.24) is 0 Å². The summed E-state index contributed by atoms with van der Waals surface area (Å²) in [6, 6.07) is 7.64. The number of hydrogen-bond donors (Lipinski definition) is 2. The second-order valence-electron chi connectivity index (χ2n) is 3.47. The van der Waals surface area contributed by atoms with E-state index >= 15 is 0 Å². The molecule has 5 nitrogen and oxygen atoms in total. The lowest BCUT2D eigenvalue weighted by molar-refractivity contribution is 0.268. The molecule has 3 N–H and O–H groups in total. The largest absolute Gasteiger partial charge is 0.485 e. The Bertz CT molecular complexity index is 552. The Kier molecular flexibility index (Phi) is 3.47. The maximum absolute atomic E-state index is 13.6. The standard InChI is InChI=1S/C12H11FN2O3/c13-9-4-1-5-10(11(9)12(14)15-16)18-7-8-3-2-6-17-8/h1-6,16H,7H2,(H2,14,15). The van der Waals surface area contributed by atoms with E-state index in [-0.39, 0.29) is 23.8 Å². The van der Waals surface area contributed by atoms with Crippen LogP contribution in [0.15, 0.2) is 46.2 Å². The smallest absolute Gasteiger partial charge is 0.176 e. The normalized spacial score (nSPS) is 11.5. The van der Waals surface area contributed by atoms with Crippen LogP contribution in [0.25, 0.3) is 0 Å². The van der Waals surface area contributed by atoms with Gasteiger partial charge < -0.3 is 20.1 Å². The Balaban J connectivity index is 2.24. The van der Waals surface area contributed by atoms with Crippen LogP contribution in [0.3, 0.4) is 0 Å². The Labute approximate surface area is 102 Å².